The first-order chi connectivity index (χ1) is 13.5. The fraction of sp³-hybridized carbons (Fsp3) is 0.444. The number of halogens is 1. The van der Waals surface area contributed by atoms with Crippen molar-refractivity contribution in [1.82, 2.24) is 15.0 Å². The lowest BCUT2D eigenvalue weighted by molar-refractivity contribution is -0.385. The average molecular weight is 468 g/mol. The van der Waals surface area contributed by atoms with Crippen LogP contribution in [0.15, 0.2) is 22.8 Å². The molecule has 2 heterocycles. The Kier molecular flexibility index (Phi) is 7.07. The standard InChI is InChI=1S/C18H22BrN5O5/c1-6-28-16-21-11(2)14(24(26)27)15(22-16)23(17(25)29-18(3,4)5)10-13-8-7-12(19)9-20-13/h7-9H,6,10H2,1-5H3. The van der Waals surface area contributed by atoms with E-state index in [1.54, 1.807) is 46.0 Å². The molecule has 0 saturated heterocycles. The topological polar surface area (TPSA) is 121 Å². The molecule has 0 aliphatic carbocycles. The molecule has 1 amide bonds. The van der Waals surface area contributed by atoms with Crippen LogP contribution in [0.4, 0.5) is 16.3 Å². The van der Waals surface area contributed by atoms with Crippen LogP contribution in [0, 0.1) is 17.0 Å². The smallest absolute Gasteiger partial charge is 0.416 e. The van der Waals surface area contributed by atoms with E-state index in [9.17, 15) is 14.9 Å². The predicted molar refractivity (Wildman–Crippen MR) is 109 cm³/mol. The highest BCUT2D eigenvalue weighted by atomic mass is 79.9. The summed E-state index contributed by atoms with van der Waals surface area (Å²) in [5.74, 6) is -0.218. The molecule has 0 atom stereocenters. The van der Waals surface area contributed by atoms with E-state index in [2.05, 4.69) is 30.9 Å². The van der Waals surface area contributed by atoms with Gasteiger partial charge in [0.25, 0.3) is 0 Å². The molecule has 2 aromatic rings. The molecule has 2 rings (SSSR count). The zero-order chi connectivity index (χ0) is 21.8. The van der Waals surface area contributed by atoms with E-state index in [0.717, 1.165) is 9.37 Å². The molecular weight excluding hydrogens is 446 g/mol. The first-order valence-electron chi connectivity index (χ1n) is 8.78. The van der Waals surface area contributed by atoms with Gasteiger partial charge in [0.1, 0.15) is 11.3 Å². The summed E-state index contributed by atoms with van der Waals surface area (Å²) < 4.78 is 11.5. The Labute approximate surface area is 176 Å². The van der Waals surface area contributed by atoms with Gasteiger partial charge in [0.2, 0.25) is 5.82 Å². The molecule has 0 spiro atoms. The molecule has 0 aliphatic rings. The average Bonchev–Trinajstić information content (AvgIpc) is 2.59. The van der Waals surface area contributed by atoms with Gasteiger partial charge in [0.05, 0.1) is 23.8 Å². The minimum absolute atomic E-state index is 0.0667. The summed E-state index contributed by atoms with van der Waals surface area (Å²) >= 11 is 3.30. The number of anilines is 1. The third kappa shape index (κ3) is 6.08. The van der Waals surface area contributed by atoms with Crippen molar-refractivity contribution in [2.24, 2.45) is 0 Å². The summed E-state index contributed by atoms with van der Waals surface area (Å²) in [5.41, 5.74) is -0.665. The number of rotatable bonds is 6. The van der Waals surface area contributed by atoms with Crippen LogP contribution in [0.2, 0.25) is 0 Å². The maximum Gasteiger partial charge on any atom is 0.416 e. The Balaban J connectivity index is 2.60. The number of ether oxygens (including phenoxy) is 2. The SMILES string of the molecule is CCOc1nc(C)c([N+](=O)[O-])c(N(Cc2ccc(Br)cn2)C(=O)OC(C)(C)C)n1. The van der Waals surface area contributed by atoms with Crippen molar-refractivity contribution in [2.45, 2.75) is 46.8 Å². The Bertz CT molecular complexity index is 899. The van der Waals surface area contributed by atoms with Crippen LogP contribution in [-0.4, -0.2) is 38.2 Å². The molecule has 0 fully saturated rings. The Morgan fingerprint density at radius 1 is 1.31 bits per heavy atom. The Morgan fingerprint density at radius 3 is 2.52 bits per heavy atom. The van der Waals surface area contributed by atoms with Gasteiger partial charge in [-0.25, -0.2) is 9.69 Å². The lowest BCUT2D eigenvalue weighted by Crippen LogP contribution is -2.37. The summed E-state index contributed by atoms with van der Waals surface area (Å²) in [4.78, 5) is 37.4. The van der Waals surface area contributed by atoms with Gasteiger partial charge in [0.15, 0.2) is 0 Å². The van der Waals surface area contributed by atoms with Crippen molar-refractivity contribution in [2.75, 3.05) is 11.5 Å². The number of hydrogen-bond donors (Lipinski definition) is 0. The normalized spacial score (nSPS) is 11.1. The summed E-state index contributed by atoms with van der Waals surface area (Å²) in [6, 6.07) is 3.37. The number of amides is 1. The molecule has 11 heteroatoms. The number of nitro groups is 1. The summed E-state index contributed by atoms with van der Waals surface area (Å²) in [5, 5.41) is 11.7. The molecule has 0 saturated carbocycles. The van der Waals surface area contributed by atoms with Crippen LogP contribution < -0.4 is 9.64 Å². The van der Waals surface area contributed by atoms with Crippen molar-refractivity contribution in [3.05, 3.63) is 44.3 Å². The van der Waals surface area contributed by atoms with Crippen LogP contribution in [0.25, 0.3) is 0 Å². The number of carbonyl (C=O) groups excluding carboxylic acids is 1. The maximum atomic E-state index is 12.9. The van der Waals surface area contributed by atoms with Crippen LogP contribution in [0.1, 0.15) is 39.1 Å². The van der Waals surface area contributed by atoms with E-state index in [0.29, 0.717) is 5.69 Å². The minimum Gasteiger partial charge on any atom is -0.464 e. The van der Waals surface area contributed by atoms with Crippen LogP contribution >= 0.6 is 15.9 Å². The second-order valence-electron chi connectivity index (χ2n) is 6.99. The fourth-order valence-electron chi connectivity index (χ4n) is 2.33. The number of aryl methyl sites for hydroxylation is 1. The molecule has 0 unspecified atom stereocenters. The lowest BCUT2D eigenvalue weighted by Gasteiger charge is -2.26. The zero-order valence-corrected chi connectivity index (χ0v) is 18.4. The predicted octanol–water partition coefficient (Wildman–Crippen LogP) is 4.19. The van der Waals surface area contributed by atoms with Crippen molar-refractivity contribution in [3.8, 4) is 6.01 Å². The van der Waals surface area contributed by atoms with Crippen LogP contribution in [0.5, 0.6) is 6.01 Å². The van der Waals surface area contributed by atoms with Crippen LogP contribution in [0.3, 0.4) is 0 Å². The van der Waals surface area contributed by atoms with E-state index < -0.39 is 22.3 Å². The highest BCUT2D eigenvalue weighted by Crippen LogP contribution is 2.32. The second-order valence-corrected chi connectivity index (χ2v) is 7.90. The first-order valence-corrected chi connectivity index (χ1v) is 9.58. The van der Waals surface area contributed by atoms with Gasteiger partial charge in [-0.3, -0.25) is 15.1 Å². The molecule has 10 nitrogen and oxygen atoms in total. The highest BCUT2D eigenvalue weighted by molar-refractivity contribution is 9.10. The van der Waals surface area contributed by atoms with Gasteiger partial charge < -0.3 is 9.47 Å². The number of carbonyl (C=O) groups is 1. The number of pyridine rings is 1. The molecule has 0 N–H and O–H groups in total. The summed E-state index contributed by atoms with van der Waals surface area (Å²) in [6.45, 7) is 8.46. The third-order valence-corrected chi connectivity index (χ3v) is 3.92. The van der Waals surface area contributed by atoms with Gasteiger partial charge in [-0.1, -0.05) is 0 Å². The van der Waals surface area contributed by atoms with Crippen molar-refractivity contribution in [3.63, 3.8) is 0 Å². The molecule has 156 valence electrons. The molecule has 0 bridgehead atoms. The monoisotopic (exact) mass is 467 g/mol. The summed E-state index contributed by atoms with van der Waals surface area (Å²) in [7, 11) is 0. The zero-order valence-electron chi connectivity index (χ0n) is 16.8. The molecule has 0 radical (unpaired) electrons. The second kappa shape index (κ2) is 9.12. The van der Waals surface area contributed by atoms with Gasteiger partial charge >= 0.3 is 17.8 Å². The Morgan fingerprint density at radius 2 is 2.00 bits per heavy atom. The molecular formula is C18H22BrN5O5. The van der Waals surface area contributed by atoms with Crippen molar-refractivity contribution in [1.29, 1.82) is 0 Å². The Hall–Kier alpha value is -2.82. The van der Waals surface area contributed by atoms with Gasteiger partial charge in [-0.05, 0) is 62.7 Å². The van der Waals surface area contributed by atoms with E-state index in [-0.39, 0.29) is 30.7 Å². The lowest BCUT2D eigenvalue weighted by atomic mass is 10.2. The summed E-state index contributed by atoms with van der Waals surface area (Å²) in [6.07, 6.45) is 0.763. The highest BCUT2D eigenvalue weighted by Gasteiger charge is 2.33. The van der Waals surface area contributed by atoms with Crippen LogP contribution in [-0.2, 0) is 11.3 Å². The van der Waals surface area contributed by atoms with E-state index in [1.807, 2.05) is 0 Å². The van der Waals surface area contributed by atoms with Gasteiger partial charge in [0, 0.05) is 10.7 Å². The number of aromatic nitrogens is 3. The molecule has 0 aromatic carbocycles. The number of hydrogen-bond acceptors (Lipinski definition) is 8. The number of nitrogens with zero attached hydrogens (tertiary/aromatic N) is 5. The molecule has 29 heavy (non-hydrogen) atoms. The van der Waals surface area contributed by atoms with Crippen molar-refractivity contribution < 1.29 is 19.2 Å². The van der Waals surface area contributed by atoms with Gasteiger partial charge in [-0.15, -0.1) is 0 Å². The van der Waals surface area contributed by atoms with Crippen molar-refractivity contribution >= 4 is 33.5 Å². The molecule has 0 aliphatic heterocycles. The van der Waals surface area contributed by atoms with E-state index >= 15 is 0 Å². The third-order valence-electron chi connectivity index (χ3n) is 3.45. The fourth-order valence-corrected chi connectivity index (χ4v) is 2.56. The maximum absolute atomic E-state index is 12.9. The minimum atomic E-state index is -0.817. The van der Waals surface area contributed by atoms with E-state index in [4.69, 9.17) is 9.47 Å². The molecule has 2 aromatic heterocycles. The van der Waals surface area contributed by atoms with E-state index in [1.165, 1.54) is 6.92 Å². The first kappa shape index (κ1) is 22.5. The largest absolute Gasteiger partial charge is 0.464 e. The van der Waals surface area contributed by atoms with Gasteiger partial charge in [-0.2, -0.15) is 9.97 Å². The quantitative estimate of drug-likeness (QED) is 0.457.